The highest BCUT2D eigenvalue weighted by molar-refractivity contribution is 14.1. The van der Waals surface area contributed by atoms with Gasteiger partial charge in [0.25, 0.3) is 5.91 Å². The van der Waals surface area contributed by atoms with E-state index in [2.05, 4.69) is 68.1 Å². The Kier molecular flexibility index (Phi) is 6.74. The number of anilines is 1. The molecule has 2 N–H and O–H groups in total. The number of hydrogen-bond donors (Lipinski definition) is 2. The van der Waals surface area contributed by atoms with Crippen molar-refractivity contribution in [3.05, 3.63) is 80.1 Å². The van der Waals surface area contributed by atoms with Crippen LogP contribution in [-0.2, 0) is 4.79 Å². The molecular weight excluding hydrogens is 487 g/mol. The summed E-state index contributed by atoms with van der Waals surface area (Å²) in [5.74, 6) is -0.224. The summed E-state index contributed by atoms with van der Waals surface area (Å²) in [6.45, 7) is 4.23. The van der Waals surface area contributed by atoms with Crippen LogP contribution in [0.3, 0.4) is 0 Å². The number of nitrogens with one attached hydrogen (secondary N) is 2. The normalized spacial score (nSPS) is 11.0. The number of carbonyl (C=O) groups excluding carboxylic acids is 1. The van der Waals surface area contributed by atoms with E-state index in [1.807, 2.05) is 31.2 Å². The predicted octanol–water partition coefficient (Wildman–Crippen LogP) is 4.91. The van der Waals surface area contributed by atoms with Crippen LogP contribution in [0.5, 0.6) is 0 Å². The minimum atomic E-state index is -0.224. The van der Waals surface area contributed by atoms with E-state index in [1.54, 1.807) is 18.3 Å². The second-order valence-corrected chi connectivity index (χ2v) is 7.87. The molecule has 5 nitrogen and oxygen atoms in total. The summed E-state index contributed by atoms with van der Waals surface area (Å²) >= 11 is 8.18. The lowest BCUT2D eigenvalue weighted by Crippen LogP contribution is -2.25. The third-order valence-corrected chi connectivity index (χ3v) is 5.42. The number of nitrogens with zero attached hydrogens (tertiary/aromatic N) is 2. The molecule has 1 amide bonds. The Morgan fingerprint density at radius 1 is 1.18 bits per heavy atom. The lowest BCUT2D eigenvalue weighted by atomic mass is 10.2. The summed E-state index contributed by atoms with van der Waals surface area (Å²) in [4.78, 5) is 12.0. The molecule has 0 aliphatic carbocycles. The van der Waals surface area contributed by atoms with Gasteiger partial charge in [-0.1, -0.05) is 23.7 Å². The van der Waals surface area contributed by atoms with Crippen LogP contribution in [-0.4, -0.2) is 23.2 Å². The summed E-state index contributed by atoms with van der Waals surface area (Å²) in [5, 5.41) is 7.78. The van der Waals surface area contributed by atoms with Crippen LogP contribution in [0.1, 0.15) is 17.0 Å². The Balaban J connectivity index is 1.63. The molecule has 0 saturated heterocycles. The van der Waals surface area contributed by atoms with E-state index in [0.29, 0.717) is 5.02 Å². The molecule has 144 valence electrons. The molecule has 3 aromatic rings. The quantitative estimate of drug-likeness (QED) is 0.283. The maximum atomic E-state index is 12.0. The van der Waals surface area contributed by atoms with Crippen molar-refractivity contribution in [3.8, 4) is 5.69 Å². The van der Waals surface area contributed by atoms with E-state index in [0.717, 1.165) is 28.3 Å². The maximum absolute atomic E-state index is 12.0. The van der Waals surface area contributed by atoms with E-state index in [4.69, 9.17) is 11.6 Å². The highest BCUT2D eigenvalue weighted by atomic mass is 127. The van der Waals surface area contributed by atoms with Crippen molar-refractivity contribution in [1.82, 2.24) is 9.99 Å². The Morgan fingerprint density at radius 3 is 2.61 bits per heavy atom. The molecule has 0 fully saturated rings. The van der Waals surface area contributed by atoms with E-state index in [1.165, 1.54) is 3.57 Å². The van der Waals surface area contributed by atoms with Crippen LogP contribution in [0.15, 0.2) is 59.7 Å². The van der Waals surface area contributed by atoms with Crippen molar-refractivity contribution in [2.75, 3.05) is 11.9 Å². The van der Waals surface area contributed by atoms with E-state index in [9.17, 15) is 4.79 Å². The molecule has 3 rings (SSSR count). The van der Waals surface area contributed by atoms with Crippen LogP contribution >= 0.6 is 34.2 Å². The summed E-state index contributed by atoms with van der Waals surface area (Å²) in [7, 11) is 0. The number of para-hydroxylation sites is 1. The number of amides is 1. The molecule has 2 aromatic carbocycles. The molecule has 0 radical (unpaired) electrons. The van der Waals surface area contributed by atoms with Gasteiger partial charge in [-0.2, -0.15) is 5.10 Å². The van der Waals surface area contributed by atoms with Gasteiger partial charge in [0.15, 0.2) is 0 Å². The molecule has 7 heteroatoms. The summed E-state index contributed by atoms with van der Waals surface area (Å²) in [6, 6.07) is 17.4. The van der Waals surface area contributed by atoms with Gasteiger partial charge in [-0.25, -0.2) is 5.43 Å². The molecule has 0 aliphatic heterocycles. The average molecular weight is 507 g/mol. The predicted molar refractivity (Wildman–Crippen MR) is 124 cm³/mol. The number of aryl methyl sites for hydroxylation is 1. The Bertz CT molecular complexity index is 1010. The van der Waals surface area contributed by atoms with Gasteiger partial charge in [-0.15, -0.1) is 0 Å². The number of rotatable bonds is 6. The third kappa shape index (κ3) is 4.94. The number of benzene rings is 2. The minimum absolute atomic E-state index is 0.125. The third-order valence-electron chi connectivity index (χ3n) is 4.25. The Hall–Kier alpha value is -2.32. The monoisotopic (exact) mass is 506 g/mol. The van der Waals surface area contributed by atoms with Crippen molar-refractivity contribution < 1.29 is 4.79 Å². The van der Waals surface area contributed by atoms with Crippen molar-refractivity contribution >= 4 is 52.0 Å². The number of carbonyl (C=O) groups is 1. The molecule has 1 aromatic heterocycles. The van der Waals surface area contributed by atoms with Gasteiger partial charge in [0.2, 0.25) is 0 Å². The smallest absolute Gasteiger partial charge is 0.259 e. The first-order valence-electron chi connectivity index (χ1n) is 8.71. The van der Waals surface area contributed by atoms with Gasteiger partial charge in [0, 0.05) is 31.2 Å². The SMILES string of the molecule is Cc1cc(/C=N\NC(=O)CNc2ccc(Cl)cc2)c(C)n1-c1ccccc1I. The number of hydrogen-bond acceptors (Lipinski definition) is 3. The van der Waals surface area contributed by atoms with Crippen molar-refractivity contribution in [1.29, 1.82) is 0 Å². The zero-order valence-corrected chi connectivity index (χ0v) is 18.5. The summed E-state index contributed by atoms with van der Waals surface area (Å²) in [5.41, 5.74) is 7.65. The fourth-order valence-electron chi connectivity index (χ4n) is 2.89. The summed E-state index contributed by atoms with van der Waals surface area (Å²) < 4.78 is 3.36. The van der Waals surface area contributed by atoms with Crippen molar-refractivity contribution in [3.63, 3.8) is 0 Å². The largest absolute Gasteiger partial charge is 0.376 e. The first-order chi connectivity index (χ1) is 13.5. The van der Waals surface area contributed by atoms with Gasteiger partial charge in [-0.3, -0.25) is 4.79 Å². The van der Waals surface area contributed by atoms with E-state index >= 15 is 0 Å². The molecule has 0 unspecified atom stereocenters. The number of hydrazone groups is 1. The van der Waals surface area contributed by atoms with Gasteiger partial charge in [0.05, 0.1) is 18.4 Å². The highest BCUT2D eigenvalue weighted by Crippen LogP contribution is 2.23. The zero-order valence-electron chi connectivity index (χ0n) is 15.5. The lowest BCUT2D eigenvalue weighted by molar-refractivity contribution is -0.119. The standard InChI is InChI=1S/C21H20ClIN4O/c1-14-11-16(15(2)27(14)20-6-4-3-5-19(20)23)12-25-26-21(28)13-24-18-9-7-17(22)8-10-18/h3-12,24H,13H2,1-2H3,(H,26,28)/b25-12-. The number of aromatic nitrogens is 1. The van der Waals surface area contributed by atoms with Crippen molar-refractivity contribution in [2.45, 2.75) is 13.8 Å². The highest BCUT2D eigenvalue weighted by Gasteiger charge is 2.11. The van der Waals surface area contributed by atoms with Crippen molar-refractivity contribution in [2.24, 2.45) is 5.10 Å². The Morgan fingerprint density at radius 2 is 1.89 bits per heavy atom. The Labute approximate surface area is 182 Å². The number of halogens is 2. The van der Waals surface area contributed by atoms with Gasteiger partial charge in [0.1, 0.15) is 0 Å². The molecule has 0 saturated carbocycles. The molecule has 0 spiro atoms. The van der Waals surface area contributed by atoms with E-state index < -0.39 is 0 Å². The molecule has 0 bridgehead atoms. The molecule has 1 heterocycles. The maximum Gasteiger partial charge on any atom is 0.259 e. The summed E-state index contributed by atoms with van der Waals surface area (Å²) in [6.07, 6.45) is 1.68. The van der Waals surface area contributed by atoms with E-state index in [-0.39, 0.29) is 12.5 Å². The first kappa shape index (κ1) is 20.4. The first-order valence-corrected chi connectivity index (χ1v) is 10.2. The lowest BCUT2D eigenvalue weighted by Gasteiger charge is -2.11. The minimum Gasteiger partial charge on any atom is -0.376 e. The van der Waals surface area contributed by atoms with Crippen LogP contribution in [0.25, 0.3) is 5.69 Å². The average Bonchev–Trinajstić information content (AvgIpc) is 2.95. The van der Waals surface area contributed by atoms with Gasteiger partial charge >= 0.3 is 0 Å². The van der Waals surface area contributed by atoms with Crippen LogP contribution < -0.4 is 10.7 Å². The zero-order chi connectivity index (χ0) is 20.1. The van der Waals surface area contributed by atoms with Crippen LogP contribution in [0.2, 0.25) is 5.02 Å². The fourth-order valence-corrected chi connectivity index (χ4v) is 3.64. The second-order valence-electron chi connectivity index (χ2n) is 6.27. The van der Waals surface area contributed by atoms with Crippen LogP contribution in [0, 0.1) is 17.4 Å². The molecule has 0 aliphatic rings. The fraction of sp³-hybridized carbons (Fsp3) is 0.143. The molecular formula is C21H20ClIN4O. The molecule has 0 atom stereocenters. The topological polar surface area (TPSA) is 58.4 Å². The molecule has 28 heavy (non-hydrogen) atoms. The van der Waals surface area contributed by atoms with Gasteiger partial charge in [-0.05, 0) is 78.9 Å². The second kappa shape index (κ2) is 9.25. The van der Waals surface area contributed by atoms with Crippen LogP contribution in [0.4, 0.5) is 5.69 Å². The van der Waals surface area contributed by atoms with Gasteiger partial charge < -0.3 is 9.88 Å².